The third kappa shape index (κ3) is 9.86. The fourth-order valence-electron chi connectivity index (χ4n) is 2.42. The Bertz CT molecular complexity index is 284. The van der Waals surface area contributed by atoms with Crippen LogP contribution in [0.2, 0.25) is 0 Å². The van der Waals surface area contributed by atoms with Crippen LogP contribution in [0.3, 0.4) is 0 Å². The molecule has 0 aliphatic rings. The molecule has 1 unspecified atom stereocenters. The van der Waals surface area contributed by atoms with E-state index in [1.54, 1.807) is 0 Å². The van der Waals surface area contributed by atoms with Crippen LogP contribution in [0.15, 0.2) is 0 Å². The van der Waals surface area contributed by atoms with Crippen molar-refractivity contribution in [3.8, 4) is 0 Å². The molecule has 126 valence electrons. The summed E-state index contributed by atoms with van der Waals surface area (Å²) < 4.78 is 0. The first-order valence-corrected chi connectivity index (χ1v) is 8.35. The molecular formula is C17H37N3O. The number of carbonyl (C=O) groups is 1. The second kappa shape index (κ2) is 10.2. The van der Waals surface area contributed by atoms with Gasteiger partial charge in [-0.05, 0) is 64.6 Å². The van der Waals surface area contributed by atoms with Gasteiger partial charge in [-0.15, -0.1) is 0 Å². The number of nitrogens with two attached hydrogens (primary N) is 1. The van der Waals surface area contributed by atoms with Crippen LogP contribution in [-0.2, 0) is 4.79 Å². The SMILES string of the molecule is CC(C)N(C)CCCNC(=O)CCC(CCN)C(C)(C)C. The van der Waals surface area contributed by atoms with E-state index in [1.165, 1.54) is 0 Å². The van der Waals surface area contributed by atoms with Crippen molar-refractivity contribution in [3.05, 3.63) is 0 Å². The summed E-state index contributed by atoms with van der Waals surface area (Å²) in [6, 6.07) is 0.560. The summed E-state index contributed by atoms with van der Waals surface area (Å²) in [6.45, 7) is 13.5. The van der Waals surface area contributed by atoms with Crippen LogP contribution in [0.5, 0.6) is 0 Å². The second-order valence-corrected chi connectivity index (χ2v) is 7.46. The Morgan fingerprint density at radius 1 is 1.24 bits per heavy atom. The highest BCUT2D eigenvalue weighted by atomic mass is 16.1. The molecule has 4 nitrogen and oxygen atoms in total. The van der Waals surface area contributed by atoms with Gasteiger partial charge in [-0.3, -0.25) is 4.79 Å². The minimum Gasteiger partial charge on any atom is -0.356 e. The molecule has 0 aliphatic heterocycles. The van der Waals surface area contributed by atoms with Gasteiger partial charge in [0.15, 0.2) is 0 Å². The van der Waals surface area contributed by atoms with E-state index in [-0.39, 0.29) is 11.3 Å². The molecule has 0 bridgehead atoms. The van der Waals surface area contributed by atoms with Crippen LogP contribution in [-0.4, -0.2) is 43.5 Å². The largest absolute Gasteiger partial charge is 0.356 e. The van der Waals surface area contributed by atoms with Crippen LogP contribution < -0.4 is 11.1 Å². The van der Waals surface area contributed by atoms with Gasteiger partial charge < -0.3 is 16.0 Å². The lowest BCUT2D eigenvalue weighted by atomic mass is 9.76. The number of amides is 1. The van der Waals surface area contributed by atoms with Gasteiger partial charge >= 0.3 is 0 Å². The molecule has 21 heavy (non-hydrogen) atoms. The fourth-order valence-corrected chi connectivity index (χ4v) is 2.42. The Kier molecular flexibility index (Phi) is 9.88. The zero-order chi connectivity index (χ0) is 16.5. The van der Waals surface area contributed by atoms with E-state index in [2.05, 4.69) is 51.9 Å². The number of hydrogen-bond donors (Lipinski definition) is 2. The molecule has 0 rings (SSSR count). The minimum atomic E-state index is 0.175. The number of carbonyl (C=O) groups excluding carboxylic acids is 1. The summed E-state index contributed by atoms with van der Waals surface area (Å²) in [6.07, 6.45) is 3.54. The van der Waals surface area contributed by atoms with E-state index in [0.717, 1.165) is 32.4 Å². The molecule has 0 spiro atoms. The first-order valence-electron chi connectivity index (χ1n) is 8.35. The Labute approximate surface area is 131 Å². The first-order chi connectivity index (χ1) is 9.68. The van der Waals surface area contributed by atoms with E-state index < -0.39 is 0 Å². The molecule has 4 heteroatoms. The Morgan fingerprint density at radius 3 is 2.33 bits per heavy atom. The first kappa shape index (κ1) is 20.4. The normalized spacial score (nSPS) is 13.8. The molecule has 1 atom stereocenters. The average Bonchev–Trinajstić information content (AvgIpc) is 2.37. The third-order valence-electron chi connectivity index (χ3n) is 4.35. The summed E-state index contributed by atoms with van der Waals surface area (Å²) in [4.78, 5) is 14.2. The number of rotatable bonds is 10. The summed E-state index contributed by atoms with van der Waals surface area (Å²) in [7, 11) is 2.12. The molecule has 0 saturated carbocycles. The third-order valence-corrected chi connectivity index (χ3v) is 4.35. The Balaban J connectivity index is 3.88. The summed E-state index contributed by atoms with van der Waals surface area (Å²) in [5.41, 5.74) is 5.90. The van der Waals surface area contributed by atoms with Crippen LogP contribution >= 0.6 is 0 Å². The highest BCUT2D eigenvalue weighted by Crippen LogP contribution is 2.31. The Hall–Kier alpha value is -0.610. The van der Waals surface area contributed by atoms with Gasteiger partial charge in [0.1, 0.15) is 0 Å². The van der Waals surface area contributed by atoms with Gasteiger partial charge in [0.2, 0.25) is 5.91 Å². The van der Waals surface area contributed by atoms with Crippen molar-refractivity contribution in [1.82, 2.24) is 10.2 Å². The van der Waals surface area contributed by atoms with E-state index in [9.17, 15) is 4.79 Å². The van der Waals surface area contributed by atoms with Crippen molar-refractivity contribution in [2.75, 3.05) is 26.7 Å². The number of nitrogens with one attached hydrogen (secondary N) is 1. The molecule has 3 N–H and O–H groups in total. The maximum Gasteiger partial charge on any atom is 0.220 e. The summed E-state index contributed by atoms with van der Waals surface area (Å²) in [5.74, 6) is 0.689. The van der Waals surface area contributed by atoms with Crippen LogP contribution in [0.1, 0.15) is 60.3 Å². The van der Waals surface area contributed by atoms with E-state index in [0.29, 0.717) is 24.9 Å². The minimum absolute atomic E-state index is 0.175. The second-order valence-electron chi connectivity index (χ2n) is 7.46. The lowest BCUT2D eigenvalue weighted by molar-refractivity contribution is -0.121. The monoisotopic (exact) mass is 299 g/mol. The quantitative estimate of drug-likeness (QED) is 0.610. The molecule has 0 fully saturated rings. The van der Waals surface area contributed by atoms with E-state index in [1.807, 2.05) is 0 Å². The van der Waals surface area contributed by atoms with Crippen LogP contribution in [0.4, 0.5) is 0 Å². The molecule has 1 amide bonds. The van der Waals surface area contributed by atoms with Crippen molar-refractivity contribution in [3.63, 3.8) is 0 Å². The molecule has 0 saturated heterocycles. The van der Waals surface area contributed by atoms with Crippen LogP contribution in [0.25, 0.3) is 0 Å². The van der Waals surface area contributed by atoms with E-state index in [4.69, 9.17) is 5.73 Å². The number of nitrogens with zero attached hydrogens (tertiary/aromatic N) is 1. The zero-order valence-corrected chi connectivity index (χ0v) is 15.0. The average molecular weight is 300 g/mol. The van der Waals surface area contributed by atoms with Crippen LogP contribution in [0, 0.1) is 11.3 Å². The molecule has 0 aromatic carbocycles. The Morgan fingerprint density at radius 2 is 1.86 bits per heavy atom. The fraction of sp³-hybridized carbons (Fsp3) is 0.941. The lowest BCUT2D eigenvalue weighted by Gasteiger charge is -2.30. The molecular weight excluding hydrogens is 262 g/mol. The highest BCUT2D eigenvalue weighted by molar-refractivity contribution is 5.75. The van der Waals surface area contributed by atoms with Gasteiger partial charge in [-0.2, -0.15) is 0 Å². The molecule has 0 aliphatic carbocycles. The van der Waals surface area contributed by atoms with E-state index >= 15 is 0 Å². The summed E-state index contributed by atoms with van der Waals surface area (Å²) in [5, 5.41) is 3.03. The molecule has 0 aromatic rings. The van der Waals surface area contributed by atoms with Crippen molar-refractivity contribution in [2.24, 2.45) is 17.1 Å². The summed E-state index contributed by atoms with van der Waals surface area (Å²) >= 11 is 0. The standard InChI is InChI=1S/C17H37N3O/c1-14(2)20(6)13-7-12-19-16(21)9-8-15(10-11-18)17(3,4)5/h14-15H,7-13,18H2,1-6H3,(H,19,21). The topological polar surface area (TPSA) is 58.4 Å². The van der Waals surface area contributed by atoms with Gasteiger partial charge in [0, 0.05) is 19.0 Å². The van der Waals surface area contributed by atoms with Crippen molar-refractivity contribution < 1.29 is 4.79 Å². The van der Waals surface area contributed by atoms with Crippen molar-refractivity contribution in [2.45, 2.75) is 66.3 Å². The maximum atomic E-state index is 11.9. The lowest BCUT2D eigenvalue weighted by Crippen LogP contribution is -2.32. The molecule has 0 aromatic heterocycles. The van der Waals surface area contributed by atoms with Crippen molar-refractivity contribution >= 4 is 5.91 Å². The maximum absolute atomic E-state index is 11.9. The predicted molar refractivity (Wildman–Crippen MR) is 91.2 cm³/mol. The highest BCUT2D eigenvalue weighted by Gasteiger charge is 2.24. The molecule has 0 heterocycles. The molecule has 0 radical (unpaired) electrons. The van der Waals surface area contributed by atoms with Gasteiger partial charge in [-0.1, -0.05) is 20.8 Å². The predicted octanol–water partition coefficient (Wildman–Crippen LogP) is 2.62. The van der Waals surface area contributed by atoms with Crippen molar-refractivity contribution in [1.29, 1.82) is 0 Å². The van der Waals surface area contributed by atoms with Gasteiger partial charge in [0.25, 0.3) is 0 Å². The smallest absolute Gasteiger partial charge is 0.220 e. The van der Waals surface area contributed by atoms with Gasteiger partial charge in [-0.25, -0.2) is 0 Å². The number of hydrogen-bond acceptors (Lipinski definition) is 3. The zero-order valence-electron chi connectivity index (χ0n) is 15.0. The van der Waals surface area contributed by atoms with Gasteiger partial charge in [0.05, 0.1) is 0 Å².